The first-order chi connectivity index (χ1) is 16.5. The number of unbranched alkanes of at least 4 members (excludes halogenated alkanes) is 1. The fourth-order valence-electron chi connectivity index (χ4n) is 3.74. The molecule has 34 heavy (non-hydrogen) atoms. The number of nitriles is 1. The van der Waals surface area contributed by atoms with Crippen molar-refractivity contribution in [1.82, 2.24) is 14.9 Å². The molecule has 1 aromatic heterocycles. The smallest absolute Gasteiger partial charge is 0.204 e. The van der Waals surface area contributed by atoms with Gasteiger partial charge in [0.25, 0.3) is 0 Å². The number of hydrogen-bond acceptors (Lipinski definition) is 6. The Balaban J connectivity index is 1.70. The van der Waals surface area contributed by atoms with Gasteiger partial charge in [-0.2, -0.15) is 5.26 Å². The minimum absolute atomic E-state index is 0.181. The Bertz CT molecular complexity index is 1250. The second kappa shape index (κ2) is 10.6. The molecule has 0 N–H and O–H groups in total. The number of aliphatic imine (C=N–C) groups is 1. The van der Waals surface area contributed by atoms with Gasteiger partial charge in [0.05, 0.1) is 23.2 Å². The molecule has 7 nitrogen and oxygen atoms in total. The monoisotopic (exact) mass is 473 g/mol. The van der Waals surface area contributed by atoms with E-state index in [4.69, 9.17) is 26.8 Å². The van der Waals surface area contributed by atoms with E-state index in [1.165, 1.54) is 0 Å². The topological polar surface area (TPSA) is 82.5 Å². The van der Waals surface area contributed by atoms with E-state index in [9.17, 15) is 0 Å². The first kappa shape index (κ1) is 23.7. The van der Waals surface area contributed by atoms with Crippen LogP contribution in [-0.4, -0.2) is 39.4 Å². The van der Waals surface area contributed by atoms with E-state index >= 15 is 0 Å². The largest absolute Gasteiger partial charge is 0.371 e. The lowest BCUT2D eigenvalue weighted by Gasteiger charge is -2.23. The molecular formula is C26H28ClN7. The van der Waals surface area contributed by atoms with Gasteiger partial charge in [-0.3, -0.25) is 0 Å². The third-order valence-electron chi connectivity index (χ3n) is 5.61. The Kier molecular flexibility index (Phi) is 7.39. The van der Waals surface area contributed by atoms with Crippen molar-refractivity contribution >= 4 is 34.4 Å². The SMILES string of the molecule is CCCCN(CCC#N)c1ccc(N=C2C(c3ccccc3Cl)=Nn3nc(C(C)C)nc32)cc1. The maximum atomic E-state index is 9.02. The highest BCUT2D eigenvalue weighted by Gasteiger charge is 2.30. The average molecular weight is 474 g/mol. The van der Waals surface area contributed by atoms with E-state index in [0.717, 1.165) is 48.7 Å². The summed E-state index contributed by atoms with van der Waals surface area (Å²) >= 11 is 6.49. The zero-order valence-corrected chi connectivity index (χ0v) is 20.5. The summed E-state index contributed by atoms with van der Waals surface area (Å²) in [6.07, 6.45) is 2.69. The lowest BCUT2D eigenvalue weighted by Crippen LogP contribution is -2.25. The number of fused-ring (bicyclic) bond motifs is 1. The van der Waals surface area contributed by atoms with Gasteiger partial charge in [-0.1, -0.05) is 57.0 Å². The van der Waals surface area contributed by atoms with Crippen molar-refractivity contribution in [2.75, 3.05) is 18.0 Å². The summed E-state index contributed by atoms with van der Waals surface area (Å²) in [7, 11) is 0. The molecule has 1 aliphatic rings. The summed E-state index contributed by atoms with van der Waals surface area (Å²) in [4.78, 5) is 13.4. The lowest BCUT2D eigenvalue weighted by atomic mass is 10.1. The summed E-state index contributed by atoms with van der Waals surface area (Å²) < 4.78 is 0. The van der Waals surface area contributed by atoms with Crippen LogP contribution in [0.4, 0.5) is 11.4 Å². The van der Waals surface area contributed by atoms with E-state index in [0.29, 0.717) is 28.7 Å². The van der Waals surface area contributed by atoms with Crippen molar-refractivity contribution in [2.24, 2.45) is 10.1 Å². The van der Waals surface area contributed by atoms with Gasteiger partial charge in [-0.15, -0.1) is 15.0 Å². The van der Waals surface area contributed by atoms with Crippen molar-refractivity contribution in [3.8, 4) is 6.07 Å². The summed E-state index contributed by atoms with van der Waals surface area (Å²) in [5, 5.41) is 18.8. The Labute approximate surface area is 205 Å². The third-order valence-corrected chi connectivity index (χ3v) is 5.94. The van der Waals surface area contributed by atoms with Gasteiger partial charge < -0.3 is 4.90 Å². The number of benzene rings is 2. The predicted octanol–water partition coefficient (Wildman–Crippen LogP) is 5.96. The van der Waals surface area contributed by atoms with Crippen LogP contribution in [0.1, 0.15) is 63.2 Å². The van der Waals surface area contributed by atoms with Gasteiger partial charge in [0.1, 0.15) is 11.4 Å². The first-order valence-electron chi connectivity index (χ1n) is 11.6. The molecule has 2 aromatic carbocycles. The van der Waals surface area contributed by atoms with Crippen LogP contribution in [0.15, 0.2) is 58.6 Å². The van der Waals surface area contributed by atoms with Crippen LogP contribution in [0.25, 0.3) is 0 Å². The van der Waals surface area contributed by atoms with Gasteiger partial charge in [0.2, 0.25) is 5.82 Å². The van der Waals surface area contributed by atoms with E-state index < -0.39 is 0 Å². The molecule has 0 aliphatic carbocycles. The van der Waals surface area contributed by atoms with E-state index in [1.807, 2.05) is 36.4 Å². The van der Waals surface area contributed by atoms with E-state index in [2.05, 4.69) is 54.1 Å². The third kappa shape index (κ3) is 5.02. The van der Waals surface area contributed by atoms with Crippen LogP contribution in [0, 0.1) is 11.3 Å². The van der Waals surface area contributed by atoms with Crippen LogP contribution >= 0.6 is 11.6 Å². The van der Waals surface area contributed by atoms with Crippen molar-refractivity contribution in [2.45, 2.75) is 46.0 Å². The fraction of sp³-hybridized carbons (Fsp3) is 0.346. The van der Waals surface area contributed by atoms with Gasteiger partial charge in [0.15, 0.2) is 5.82 Å². The minimum Gasteiger partial charge on any atom is -0.371 e. The first-order valence-corrected chi connectivity index (χ1v) is 12.0. The van der Waals surface area contributed by atoms with Crippen LogP contribution < -0.4 is 4.90 Å². The van der Waals surface area contributed by atoms with E-state index in [1.54, 1.807) is 4.79 Å². The van der Waals surface area contributed by atoms with Crippen LogP contribution in [0.5, 0.6) is 0 Å². The maximum absolute atomic E-state index is 9.02. The van der Waals surface area contributed by atoms with Crippen molar-refractivity contribution < 1.29 is 0 Å². The summed E-state index contributed by atoms with van der Waals surface area (Å²) in [5.74, 6) is 1.52. The summed E-state index contributed by atoms with van der Waals surface area (Å²) in [6.45, 7) is 7.92. The van der Waals surface area contributed by atoms with Crippen molar-refractivity contribution in [3.05, 3.63) is 70.8 Å². The fourth-order valence-corrected chi connectivity index (χ4v) is 3.96. The molecule has 0 saturated heterocycles. The quantitative estimate of drug-likeness (QED) is 0.383. The standard InChI is InChI=1S/C26H28ClN7/c1-4-5-16-33(17-8-15-28)20-13-11-19(12-14-20)29-24-23(21-9-6-7-10-22(21)27)31-34-26(24)30-25(32-34)18(2)3/h6-7,9-14,18H,4-5,8,16-17H2,1-3H3. The lowest BCUT2D eigenvalue weighted by molar-refractivity contribution is 0.698. The zero-order valence-electron chi connectivity index (χ0n) is 19.7. The number of halogens is 1. The molecule has 2 heterocycles. The normalized spacial score (nSPS) is 13.8. The number of rotatable bonds is 9. The molecule has 3 aromatic rings. The Morgan fingerprint density at radius 2 is 1.88 bits per heavy atom. The van der Waals surface area contributed by atoms with Gasteiger partial charge in [-0.05, 0) is 36.8 Å². The highest BCUT2D eigenvalue weighted by Crippen LogP contribution is 2.27. The number of hydrogen-bond donors (Lipinski definition) is 0. The molecule has 0 unspecified atom stereocenters. The van der Waals surface area contributed by atoms with Crippen LogP contribution in [0.3, 0.4) is 0 Å². The maximum Gasteiger partial charge on any atom is 0.204 e. The second-order valence-corrected chi connectivity index (χ2v) is 8.90. The summed E-state index contributed by atoms with van der Waals surface area (Å²) in [5.41, 5.74) is 3.97. The van der Waals surface area contributed by atoms with Crippen LogP contribution in [0.2, 0.25) is 5.02 Å². The minimum atomic E-state index is 0.181. The molecule has 0 radical (unpaired) electrons. The van der Waals surface area contributed by atoms with Crippen molar-refractivity contribution in [3.63, 3.8) is 0 Å². The number of anilines is 1. The molecule has 0 saturated carbocycles. The van der Waals surface area contributed by atoms with Crippen LogP contribution in [-0.2, 0) is 0 Å². The summed E-state index contributed by atoms with van der Waals surface area (Å²) in [6, 6.07) is 17.9. The number of nitrogens with zero attached hydrogens (tertiary/aromatic N) is 7. The molecule has 0 bridgehead atoms. The zero-order chi connectivity index (χ0) is 24.1. The molecule has 0 amide bonds. The molecule has 8 heteroatoms. The molecule has 1 aliphatic heterocycles. The number of aromatic nitrogens is 3. The Morgan fingerprint density at radius 3 is 2.56 bits per heavy atom. The Morgan fingerprint density at radius 1 is 1.12 bits per heavy atom. The van der Waals surface area contributed by atoms with Gasteiger partial charge in [-0.25, -0.2) is 9.98 Å². The average Bonchev–Trinajstić information content (AvgIpc) is 3.40. The van der Waals surface area contributed by atoms with Gasteiger partial charge >= 0.3 is 0 Å². The van der Waals surface area contributed by atoms with Crippen molar-refractivity contribution in [1.29, 1.82) is 5.26 Å². The van der Waals surface area contributed by atoms with Gasteiger partial charge in [0, 0.05) is 30.3 Å². The van der Waals surface area contributed by atoms with E-state index in [-0.39, 0.29) is 5.92 Å². The molecule has 4 rings (SSSR count). The molecule has 0 spiro atoms. The predicted molar refractivity (Wildman–Crippen MR) is 137 cm³/mol. The Hall–Kier alpha value is -3.50. The molecule has 0 atom stereocenters. The second-order valence-electron chi connectivity index (χ2n) is 8.49. The molecular weight excluding hydrogens is 446 g/mol. The highest BCUT2D eigenvalue weighted by atomic mass is 35.5. The molecule has 174 valence electrons. The highest BCUT2D eigenvalue weighted by molar-refractivity contribution is 6.56. The molecule has 0 fully saturated rings.